The van der Waals surface area contributed by atoms with E-state index >= 15 is 0 Å². The molecule has 0 heterocycles. The zero-order valence-corrected chi connectivity index (χ0v) is 8.51. The number of amides is 1. The largest absolute Gasteiger partial charge is 0.338 e. The van der Waals surface area contributed by atoms with Crippen LogP contribution in [0.5, 0.6) is 0 Å². The van der Waals surface area contributed by atoms with Gasteiger partial charge in [-0.2, -0.15) is 0 Å². The third-order valence-electron chi connectivity index (χ3n) is 1.48. The number of hydrogen-bond donors (Lipinski definition) is 0. The van der Waals surface area contributed by atoms with Crippen LogP contribution in [0.25, 0.3) is 0 Å². The molecule has 0 aromatic heterocycles. The van der Waals surface area contributed by atoms with E-state index in [1.54, 1.807) is 6.92 Å². The molecule has 11 heavy (non-hydrogen) atoms. The molecular weight excluding hydrogens is 133 g/mol. The predicted octanol–water partition coefficient (Wildman–Crippen LogP) is 1.27. The van der Waals surface area contributed by atoms with Crippen molar-refractivity contribution in [2.75, 3.05) is 0 Å². The Bertz CT molecular complexity index is 115. The van der Waals surface area contributed by atoms with Crippen molar-refractivity contribution < 1.29 is 4.79 Å². The van der Waals surface area contributed by atoms with Gasteiger partial charge in [-0.1, -0.05) is 0 Å². The summed E-state index contributed by atoms with van der Waals surface area (Å²) in [6.07, 6.45) is 0. The zero-order chi connectivity index (χ0) is 8.31. The molecule has 0 aliphatic carbocycles. The van der Waals surface area contributed by atoms with Crippen LogP contribution in [0.1, 0.15) is 34.6 Å². The molecule has 1 radical (unpaired) electrons. The summed E-state index contributed by atoms with van der Waals surface area (Å²) in [4.78, 5) is 12.8. The van der Waals surface area contributed by atoms with Gasteiger partial charge < -0.3 is 4.90 Å². The van der Waals surface area contributed by atoms with Crippen molar-refractivity contribution in [3.8, 4) is 0 Å². The standard InChI is InChI=1S/C8H17NO.Li/c1-6(2)9(7(3)4)8(5)10;/h6-7H,1-5H3;. The average molecular weight is 150 g/mol. The molecule has 0 unspecified atom stereocenters. The first-order valence-corrected chi connectivity index (χ1v) is 3.75. The second-order valence-electron chi connectivity index (χ2n) is 3.11. The van der Waals surface area contributed by atoms with Crippen LogP contribution in [-0.4, -0.2) is 41.8 Å². The minimum atomic E-state index is 0. The van der Waals surface area contributed by atoms with E-state index < -0.39 is 0 Å². The summed E-state index contributed by atoms with van der Waals surface area (Å²) >= 11 is 0. The van der Waals surface area contributed by atoms with E-state index in [0.29, 0.717) is 12.1 Å². The maximum atomic E-state index is 11.0. The zero-order valence-electron chi connectivity index (χ0n) is 8.51. The van der Waals surface area contributed by atoms with Crippen molar-refractivity contribution in [3.63, 3.8) is 0 Å². The molecular formula is C8H17LiNO. The predicted molar refractivity (Wildman–Crippen MR) is 48.5 cm³/mol. The molecule has 0 saturated carbocycles. The molecule has 0 bridgehead atoms. The van der Waals surface area contributed by atoms with E-state index in [1.165, 1.54) is 0 Å². The Kier molecular flexibility index (Phi) is 7.05. The fourth-order valence-corrected chi connectivity index (χ4v) is 1.32. The van der Waals surface area contributed by atoms with Crippen LogP contribution in [0.2, 0.25) is 0 Å². The van der Waals surface area contributed by atoms with Crippen molar-refractivity contribution in [3.05, 3.63) is 0 Å². The topological polar surface area (TPSA) is 20.3 Å². The van der Waals surface area contributed by atoms with Gasteiger partial charge in [0.2, 0.25) is 5.91 Å². The monoisotopic (exact) mass is 150 g/mol. The summed E-state index contributed by atoms with van der Waals surface area (Å²) in [5, 5.41) is 0. The summed E-state index contributed by atoms with van der Waals surface area (Å²) in [7, 11) is 0. The Morgan fingerprint density at radius 3 is 1.36 bits per heavy atom. The van der Waals surface area contributed by atoms with Crippen LogP contribution in [0.4, 0.5) is 0 Å². The maximum Gasteiger partial charge on any atom is 0.219 e. The first kappa shape index (κ1) is 13.6. The fraction of sp³-hybridized carbons (Fsp3) is 0.875. The van der Waals surface area contributed by atoms with E-state index in [4.69, 9.17) is 0 Å². The quantitative estimate of drug-likeness (QED) is 0.543. The van der Waals surface area contributed by atoms with Crippen LogP contribution < -0.4 is 0 Å². The van der Waals surface area contributed by atoms with E-state index in [-0.39, 0.29) is 24.8 Å². The van der Waals surface area contributed by atoms with E-state index in [2.05, 4.69) is 0 Å². The van der Waals surface area contributed by atoms with Crippen LogP contribution in [0, 0.1) is 0 Å². The molecule has 3 heteroatoms. The van der Waals surface area contributed by atoms with Crippen LogP contribution in [-0.2, 0) is 4.79 Å². The summed E-state index contributed by atoms with van der Waals surface area (Å²) in [6.45, 7) is 9.73. The Labute approximate surface area is 81.5 Å². The van der Waals surface area contributed by atoms with Crippen molar-refractivity contribution in [1.82, 2.24) is 4.90 Å². The first-order valence-electron chi connectivity index (χ1n) is 3.75. The van der Waals surface area contributed by atoms with Gasteiger partial charge in [-0.15, -0.1) is 0 Å². The molecule has 0 aromatic carbocycles. The molecule has 0 aliphatic heterocycles. The van der Waals surface area contributed by atoms with Gasteiger partial charge in [0.15, 0.2) is 0 Å². The van der Waals surface area contributed by atoms with E-state index in [0.717, 1.165) is 0 Å². The van der Waals surface area contributed by atoms with Crippen molar-refractivity contribution in [1.29, 1.82) is 0 Å². The molecule has 0 atom stereocenters. The third kappa shape index (κ3) is 4.50. The van der Waals surface area contributed by atoms with Gasteiger partial charge in [-0.3, -0.25) is 4.79 Å². The Morgan fingerprint density at radius 1 is 1.09 bits per heavy atom. The van der Waals surface area contributed by atoms with Crippen LogP contribution >= 0.6 is 0 Å². The summed E-state index contributed by atoms with van der Waals surface area (Å²) < 4.78 is 0. The molecule has 0 N–H and O–H groups in total. The van der Waals surface area contributed by atoms with Gasteiger partial charge in [0.1, 0.15) is 0 Å². The van der Waals surface area contributed by atoms with Gasteiger partial charge >= 0.3 is 0 Å². The average Bonchev–Trinajstić information content (AvgIpc) is 1.59. The molecule has 0 rings (SSSR count). The van der Waals surface area contributed by atoms with Crippen molar-refractivity contribution in [2.24, 2.45) is 0 Å². The number of hydrogen-bond acceptors (Lipinski definition) is 1. The number of nitrogens with zero attached hydrogens (tertiary/aromatic N) is 1. The Morgan fingerprint density at radius 2 is 1.36 bits per heavy atom. The molecule has 0 aromatic rings. The SMILES string of the molecule is CC(=O)N(C(C)C)C(C)C.[Li]. The smallest absolute Gasteiger partial charge is 0.219 e. The van der Waals surface area contributed by atoms with E-state index in [9.17, 15) is 4.79 Å². The maximum absolute atomic E-state index is 11.0. The molecule has 0 spiro atoms. The minimum absolute atomic E-state index is 0. The molecule has 0 saturated heterocycles. The minimum Gasteiger partial charge on any atom is -0.338 e. The molecule has 2 nitrogen and oxygen atoms in total. The molecule has 61 valence electrons. The second-order valence-corrected chi connectivity index (χ2v) is 3.11. The summed E-state index contributed by atoms with van der Waals surface area (Å²) in [5.74, 6) is 0.157. The summed E-state index contributed by atoms with van der Waals surface area (Å²) in [6, 6.07) is 0.634. The first-order chi connectivity index (χ1) is 4.46. The van der Waals surface area contributed by atoms with Crippen LogP contribution in [0.15, 0.2) is 0 Å². The third-order valence-corrected chi connectivity index (χ3v) is 1.48. The summed E-state index contributed by atoms with van der Waals surface area (Å²) in [5.41, 5.74) is 0. The molecule has 0 aliphatic rings. The Hall–Kier alpha value is 0.0674. The van der Waals surface area contributed by atoms with Crippen molar-refractivity contribution in [2.45, 2.75) is 46.7 Å². The fourth-order valence-electron chi connectivity index (χ4n) is 1.32. The van der Waals surface area contributed by atoms with Crippen LogP contribution in [0.3, 0.4) is 0 Å². The Balaban J connectivity index is 0. The number of rotatable bonds is 2. The van der Waals surface area contributed by atoms with E-state index in [1.807, 2.05) is 32.6 Å². The number of carbonyl (C=O) groups is 1. The normalized spacial score (nSPS) is 9.73. The van der Waals surface area contributed by atoms with Crippen molar-refractivity contribution >= 4 is 24.8 Å². The number of carbonyl (C=O) groups excluding carboxylic acids is 1. The van der Waals surface area contributed by atoms with Gasteiger partial charge in [0.05, 0.1) is 0 Å². The van der Waals surface area contributed by atoms with Gasteiger partial charge in [-0.25, -0.2) is 0 Å². The second kappa shape index (κ2) is 5.68. The molecule has 0 fully saturated rings. The van der Waals surface area contributed by atoms with Gasteiger partial charge in [0.25, 0.3) is 0 Å². The van der Waals surface area contributed by atoms with Gasteiger partial charge in [0, 0.05) is 37.9 Å². The molecule has 1 amide bonds. The van der Waals surface area contributed by atoms with Gasteiger partial charge in [-0.05, 0) is 27.7 Å².